The Bertz CT molecular complexity index is 651. The van der Waals surface area contributed by atoms with Crippen LogP contribution in [-0.4, -0.2) is 23.1 Å². The van der Waals surface area contributed by atoms with Gasteiger partial charge in [-0.1, -0.05) is 13.8 Å². The Hall–Kier alpha value is -2.34. The van der Waals surface area contributed by atoms with Gasteiger partial charge in [-0.2, -0.15) is 0 Å². The van der Waals surface area contributed by atoms with Gasteiger partial charge in [0, 0.05) is 17.7 Å². The zero-order valence-corrected chi connectivity index (χ0v) is 13.6. The molecular formula is C17H22N2O4. The van der Waals surface area contributed by atoms with Gasteiger partial charge in [-0.25, -0.2) is 4.98 Å². The van der Waals surface area contributed by atoms with Crippen LogP contribution in [0.25, 0.3) is 11.3 Å². The number of amides is 1. The van der Waals surface area contributed by atoms with E-state index in [0.29, 0.717) is 40.7 Å². The van der Waals surface area contributed by atoms with Crippen molar-refractivity contribution in [3.05, 3.63) is 30.3 Å². The van der Waals surface area contributed by atoms with E-state index in [1.807, 2.05) is 0 Å². The van der Waals surface area contributed by atoms with E-state index in [4.69, 9.17) is 9.15 Å². The first-order valence-electron chi connectivity index (χ1n) is 7.56. The van der Waals surface area contributed by atoms with Crippen LogP contribution in [0, 0.1) is 5.92 Å². The maximum absolute atomic E-state index is 12.0. The molecule has 1 aromatic carbocycles. The number of aliphatic hydroxyl groups is 1. The van der Waals surface area contributed by atoms with Crippen molar-refractivity contribution in [2.75, 3.05) is 12.4 Å². The molecule has 1 heterocycles. The van der Waals surface area contributed by atoms with Crippen LogP contribution in [0.1, 0.15) is 32.3 Å². The Morgan fingerprint density at radius 1 is 1.43 bits per heavy atom. The van der Waals surface area contributed by atoms with Gasteiger partial charge in [0.2, 0.25) is 5.91 Å². The topological polar surface area (TPSA) is 84.6 Å². The fourth-order valence-corrected chi connectivity index (χ4v) is 2.31. The molecule has 0 aliphatic heterocycles. The highest BCUT2D eigenvalue weighted by molar-refractivity contribution is 5.92. The van der Waals surface area contributed by atoms with E-state index >= 15 is 0 Å². The highest BCUT2D eigenvalue weighted by atomic mass is 16.5. The lowest BCUT2D eigenvalue weighted by molar-refractivity contribution is -0.116. The molecule has 0 saturated heterocycles. The monoisotopic (exact) mass is 318 g/mol. The molecule has 0 aliphatic carbocycles. The molecule has 1 aromatic heterocycles. The van der Waals surface area contributed by atoms with Crippen molar-refractivity contribution in [1.82, 2.24) is 4.98 Å². The molecule has 2 N–H and O–H groups in total. The van der Waals surface area contributed by atoms with Crippen molar-refractivity contribution < 1.29 is 19.1 Å². The number of carbonyl (C=O) groups excluding carboxylic acids is 1. The van der Waals surface area contributed by atoms with Crippen molar-refractivity contribution in [2.45, 2.75) is 33.3 Å². The lowest BCUT2D eigenvalue weighted by Gasteiger charge is -2.16. The fraction of sp³-hybridized carbons (Fsp3) is 0.412. The number of benzene rings is 1. The number of aliphatic hydroxyl groups excluding tert-OH is 1. The van der Waals surface area contributed by atoms with Crippen LogP contribution in [0.5, 0.6) is 5.75 Å². The first-order chi connectivity index (χ1) is 11.1. The van der Waals surface area contributed by atoms with Crippen LogP contribution in [-0.2, 0) is 11.4 Å². The summed E-state index contributed by atoms with van der Waals surface area (Å²) in [4.78, 5) is 15.9. The predicted octanol–water partition coefficient (Wildman–Crippen LogP) is 3.22. The number of methoxy groups -OCH3 is 1. The lowest BCUT2D eigenvalue weighted by Crippen LogP contribution is -2.14. The molecule has 0 bridgehead atoms. The van der Waals surface area contributed by atoms with E-state index in [0.717, 1.165) is 6.42 Å². The average molecular weight is 318 g/mol. The summed E-state index contributed by atoms with van der Waals surface area (Å²) in [5, 5.41) is 12.5. The number of rotatable bonds is 7. The number of anilines is 1. The molecule has 6 nitrogen and oxygen atoms in total. The second-order valence-corrected chi connectivity index (χ2v) is 5.68. The van der Waals surface area contributed by atoms with Crippen LogP contribution in [0.2, 0.25) is 0 Å². The van der Waals surface area contributed by atoms with Gasteiger partial charge in [0.1, 0.15) is 5.75 Å². The van der Waals surface area contributed by atoms with Gasteiger partial charge in [-0.05, 0) is 24.5 Å². The Kier molecular flexibility index (Phi) is 5.76. The minimum Gasteiger partial charge on any atom is -0.496 e. The number of oxazole rings is 1. The molecule has 0 aliphatic rings. The van der Waals surface area contributed by atoms with Gasteiger partial charge < -0.3 is 19.6 Å². The van der Waals surface area contributed by atoms with Gasteiger partial charge in [-0.15, -0.1) is 0 Å². The molecule has 0 saturated carbocycles. The molecule has 0 fully saturated rings. The number of ether oxygens (including phenoxy) is 1. The fourth-order valence-electron chi connectivity index (χ4n) is 2.31. The molecule has 0 spiro atoms. The highest BCUT2D eigenvalue weighted by Gasteiger charge is 2.18. The first-order valence-corrected chi connectivity index (χ1v) is 7.56. The number of nitrogens with zero attached hydrogens (tertiary/aromatic N) is 1. The Morgan fingerprint density at radius 2 is 2.22 bits per heavy atom. The van der Waals surface area contributed by atoms with Crippen LogP contribution in [0.4, 0.5) is 5.69 Å². The van der Waals surface area contributed by atoms with Crippen molar-refractivity contribution in [1.29, 1.82) is 0 Å². The standard InChI is InChI=1S/C17H22N2O4/c1-11(2)4-7-16(21)19-14-6-5-12(15-8-18-10-23-15)17(22-3)13(14)9-20/h5-6,8,10-11,20H,4,7,9H2,1-3H3,(H,19,21). The van der Waals surface area contributed by atoms with E-state index < -0.39 is 0 Å². The molecule has 124 valence electrons. The summed E-state index contributed by atoms with van der Waals surface area (Å²) in [5.41, 5.74) is 1.73. The first kappa shape index (κ1) is 17.0. The smallest absolute Gasteiger partial charge is 0.224 e. The summed E-state index contributed by atoms with van der Waals surface area (Å²) in [5.74, 6) is 1.38. The normalized spacial score (nSPS) is 10.8. The van der Waals surface area contributed by atoms with Crippen LogP contribution in [0.3, 0.4) is 0 Å². The molecule has 2 rings (SSSR count). The molecule has 0 radical (unpaired) electrons. The molecule has 0 unspecified atom stereocenters. The summed E-state index contributed by atoms with van der Waals surface area (Å²) in [7, 11) is 1.51. The van der Waals surface area contributed by atoms with Crippen molar-refractivity contribution >= 4 is 11.6 Å². The van der Waals surface area contributed by atoms with Crippen LogP contribution in [0.15, 0.2) is 29.1 Å². The number of aromatic nitrogens is 1. The van der Waals surface area contributed by atoms with Crippen molar-refractivity contribution in [3.8, 4) is 17.1 Å². The van der Waals surface area contributed by atoms with Crippen molar-refractivity contribution in [3.63, 3.8) is 0 Å². The summed E-state index contributed by atoms with van der Waals surface area (Å²) < 4.78 is 10.7. The summed E-state index contributed by atoms with van der Waals surface area (Å²) >= 11 is 0. The SMILES string of the molecule is COc1c(-c2cnco2)ccc(NC(=O)CCC(C)C)c1CO. The third-order valence-electron chi connectivity index (χ3n) is 3.54. The Labute approximate surface area is 135 Å². The molecular weight excluding hydrogens is 296 g/mol. The highest BCUT2D eigenvalue weighted by Crippen LogP contribution is 2.37. The maximum Gasteiger partial charge on any atom is 0.224 e. The maximum atomic E-state index is 12.0. The minimum atomic E-state index is -0.259. The molecule has 2 aromatic rings. The predicted molar refractivity (Wildman–Crippen MR) is 87.1 cm³/mol. The summed E-state index contributed by atoms with van der Waals surface area (Å²) in [6, 6.07) is 3.51. The van der Waals surface area contributed by atoms with Gasteiger partial charge >= 0.3 is 0 Å². The molecule has 0 atom stereocenters. The molecule has 1 amide bonds. The average Bonchev–Trinajstić information content (AvgIpc) is 3.06. The zero-order valence-electron chi connectivity index (χ0n) is 13.6. The number of hydrogen-bond acceptors (Lipinski definition) is 5. The number of hydrogen-bond donors (Lipinski definition) is 2. The largest absolute Gasteiger partial charge is 0.496 e. The van der Waals surface area contributed by atoms with Gasteiger partial charge in [-0.3, -0.25) is 4.79 Å². The van der Waals surface area contributed by atoms with E-state index in [2.05, 4.69) is 24.1 Å². The van der Waals surface area contributed by atoms with E-state index in [-0.39, 0.29) is 12.5 Å². The van der Waals surface area contributed by atoms with Crippen LogP contribution >= 0.6 is 0 Å². The van der Waals surface area contributed by atoms with E-state index in [9.17, 15) is 9.90 Å². The quantitative estimate of drug-likeness (QED) is 0.819. The lowest BCUT2D eigenvalue weighted by atomic mass is 10.0. The van der Waals surface area contributed by atoms with E-state index in [1.54, 1.807) is 18.3 Å². The van der Waals surface area contributed by atoms with Crippen LogP contribution < -0.4 is 10.1 Å². The summed E-state index contributed by atoms with van der Waals surface area (Å²) in [6.07, 6.45) is 4.15. The van der Waals surface area contributed by atoms with Gasteiger partial charge in [0.05, 0.1) is 25.5 Å². The second-order valence-electron chi connectivity index (χ2n) is 5.68. The third-order valence-corrected chi connectivity index (χ3v) is 3.54. The number of carbonyl (C=O) groups is 1. The van der Waals surface area contributed by atoms with E-state index in [1.165, 1.54) is 13.5 Å². The molecule has 6 heteroatoms. The third kappa shape index (κ3) is 4.10. The molecule has 23 heavy (non-hydrogen) atoms. The summed E-state index contributed by atoms with van der Waals surface area (Å²) in [6.45, 7) is 3.88. The van der Waals surface area contributed by atoms with Gasteiger partial charge in [0.25, 0.3) is 0 Å². The Morgan fingerprint density at radius 3 is 2.78 bits per heavy atom. The zero-order chi connectivity index (χ0) is 16.8. The number of nitrogens with one attached hydrogen (secondary N) is 1. The Balaban J connectivity index is 2.29. The van der Waals surface area contributed by atoms with Crippen molar-refractivity contribution in [2.24, 2.45) is 5.92 Å². The second kappa shape index (κ2) is 7.78. The minimum absolute atomic E-state index is 0.0807. The van der Waals surface area contributed by atoms with Gasteiger partial charge in [0.15, 0.2) is 12.2 Å².